The fraction of sp³-hybridized carbons (Fsp3) is 0.379. The van der Waals surface area contributed by atoms with Crippen LogP contribution in [0.1, 0.15) is 66.5 Å². The number of imidazole rings is 1. The number of benzene rings is 2. The van der Waals surface area contributed by atoms with Crippen molar-refractivity contribution >= 4 is 28.3 Å². The van der Waals surface area contributed by atoms with Crippen molar-refractivity contribution in [2.45, 2.75) is 58.4 Å². The number of aryl methyl sites for hydroxylation is 2. The molecule has 35 heavy (non-hydrogen) atoms. The fourth-order valence-electron chi connectivity index (χ4n) is 4.21. The monoisotopic (exact) mass is 489 g/mol. The minimum Gasteiger partial charge on any atom is -0.494 e. The Bertz CT molecular complexity index is 1200. The topological polar surface area (TPSA) is 56.1 Å². The van der Waals surface area contributed by atoms with Crippen molar-refractivity contribution in [3.63, 3.8) is 0 Å². The molecule has 0 radical (unpaired) electrons. The van der Waals surface area contributed by atoms with E-state index in [1.165, 1.54) is 22.4 Å². The Balaban J connectivity index is 1.24. The van der Waals surface area contributed by atoms with Gasteiger partial charge in [-0.3, -0.25) is 4.79 Å². The Kier molecular flexibility index (Phi) is 8.96. The lowest BCUT2D eigenvalue weighted by molar-refractivity contribution is 0.0957. The second-order valence-corrected chi connectivity index (χ2v) is 10.1. The molecule has 2 aromatic carbocycles. The zero-order chi connectivity index (χ0) is 24.5. The standard InChI is InChI=1S/C29H35N3O2S/c1-22(2)23-14-16-24(17-15-23)34-20-9-19-32-26-11-6-5-10-25(26)31-28(32)13-4-3-7-18-30-29(33)27-12-8-21-35-27/h5-6,8,10-12,14-17,21-22H,3-4,7,9,13,18-20H2,1-2H3,(H,30,33). The third-order valence-electron chi connectivity index (χ3n) is 6.18. The largest absolute Gasteiger partial charge is 0.494 e. The van der Waals surface area contributed by atoms with Crippen LogP contribution in [-0.2, 0) is 13.0 Å². The van der Waals surface area contributed by atoms with Crippen LogP contribution >= 0.6 is 11.3 Å². The summed E-state index contributed by atoms with van der Waals surface area (Å²) in [7, 11) is 0. The maximum atomic E-state index is 12.0. The summed E-state index contributed by atoms with van der Waals surface area (Å²) in [6.07, 6.45) is 4.94. The minimum atomic E-state index is 0.0277. The highest BCUT2D eigenvalue weighted by Crippen LogP contribution is 2.20. The van der Waals surface area contributed by atoms with Gasteiger partial charge in [-0.2, -0.15) is 0 Å². The van der Waals surface area contributed by atoms with Crippen molar-refractivity contribution in [1.29, 1.82) is 0 Å². The fourth-order valence-corrected chi connectivity index (χ4v) is 4.85. The number of aromatic nitrogens is 2. The molecular formula is C29H35N3O2S. The summed E-state index contributed by atoms with van der Waals surface area (Å²) in [5.41, 5.74) is 3.57. The Morgan fingerprint density at radius 2 is 1.83 bits per heavy atom. The van der Waals surface area contributed by atoms with Gasteiger partial charge in [0.15, 0.2) is 0 Å². The van der Waals surface area contributed by atoms with Crippen molar-refractivity contribution in [2.24, 2.45) is 0 Å². The molecule has 1 amide bonds. The summed E-state index contributed by atoms with van der Waals surface area (Å²) in [5.74, 6) is 2.62. The highest BCUT2D eigenvalue weighted by molar-refractivity contribution is 7.12. The van der Waals surface area contributed by atoms with E-state index in [-0.39, 0.29) is 5.91 Å². The van der Waals surface area contributed by atoms with Crippen molar-refractivity contribution < 1.29 is 9.53 Å². The molecule has 4 aromatic rings. The summed E-state index contributed by atoms with van der Waals surface area (Å²) in [5, 5.41) is 4.94. The summed E-state index contributed by atoms with van der Waals surface area (Å²) >= 11 is 1.48. The van der Waals surface area contributed by atoms with Crippen LogP contribution in [0.15, 0.2) is 66.0 Å². The first kappa shape index (κ1) is 25.0. The SMILES string of the molecule is CC(C)c1ccc(OCCCn2c(CCCCCNC(=O)c3cccs3)nc3ccccc32)cc1. The smallest absolute Gasteiger partial charge is 0.261 e. The maximum absolute atomic E-state index is 12.0. The Hall–Kier alpha value is -3.12. The number of nitrogens with zero attached hydrogens (tertiary/aromatic N) is 2. The average Bonchev–Trinajstić information content (AvgIpc) is 3.53. The number of thiophene rings is 1. The van der Waals surface area contributed by atoms with E-state index in [0.29, 0.717) is 19.1 Å². The van der Waals surface area contributed by atoms with Gasteiger partial charge in [-0.1, -0.05) is 50.6 Å². The minimum absolute atomic E-state index is 0.0277. The van der Waals surface area contributed by atoms with E-state index in [2.05, 4.69) is 66.2 Å². The van der Waals surface area contributed by atoms with Crippen LogP contribution in [0.5, 0.6) is 5.75 Å². The van der Waals surface area contributed by atoms with Crippen molar-refractivity contribution in [3.05, 3.63) is 82.3 Å². The van der Waals surface area contributed by atoms with Gasteiger partial charge in [0, 0.05) is 19.5 Å². The highest BCUT2D eigenvalue weighted by atomic mass is 32.1. The van der Waals surface area contributed by atoms with E-state index >= 15 is 0 Å². The molecule has 0 bridgehead atoms. The number of amides is 1. The molecule has 184 valence electrons. The number of para-hydroxylation sites is 2. The third kappa shape index (κ3) is 6.95. The normalized spacial score (nSPS) is 11.3. The van der Waals surface area contributed by atoms with E-state index in [1.54, 1.807) is 0 Å². The van der Waals surface area contributed by atoms with Crippen LogP contribution in [-0.4, -0.2) is 28.6 Å². The molecule has 0 saturated heterocycles. The van der Waals surface area contributed by atoms with Gasteiger partial charge in [-0.05, 0) is 66.5 Å². The number of fused-ring (bicyclic) bond motifs is 1. The predicted octanol–water partition coefficient (Wildman–Crippen LogP) is 6.83. The Labute approximate surface area is 212 Å². The average molecular weight is 490 g/mol. The number of hydrogen-bond acceptors (Lipinski definition) is 4. The molecule has 2 heterocycles. The van der Waals surface area contributed by atoms with E-state index < -0.39 is 0 Å². The molecule has 0 unspecified atom stereocenters. The first-order valence-corrected chi connectivity index (χ1v) is 13.5. The Morgan fingerprint density at radius 1 is 1.00 bits per heavy atom. The van der Waals surface area contributed by atoms with Crippen LogP contribution in [0.2, 0.25) is 0 Å². The van der Waals surface area contributed by atoms with Crippen LogP contribution in [0.25, 0.3) is 11.0 Å². The first-order valence-electron chi connectivity index (χ1n) is 12.6. The van der Waals surface area contributed by atoms with Crippen molar-refractivity contribution in [1.82, 2.24) is 14.9 Å². The second kappa shape index (κ2) is 12.5. The van der Waals surface area contributed by atoms with Crippen LogP contribution in [0, 0.1) is 0 Å². The second-order valence-electron chi connectivity index (χ2n) is 9.14. The van der Waals surface area contributed by atoms with Gasteiger partial charge in [0.05, 0.1) is 22.5 Å². The molecule has 0 fully saturated rings. The summed E-state index contributed by atoms with van der Waals surface area (Å²) in [6, 6.07) is 20.5. The number of nitrogens with one attached hydrogen (secondary N) is 1. The molecule has 0 aliphatic rings. The Morgan fingerprint density at radius 3 is 2.60 bits per heavy atom. The summed E-state index contributed by atoms with van der Waals surface area (Å²) in [6.45, 7) is 6.68. The van der Waals surface area contributed by atoms with E-state index in [1.807, 2.05) is 23.6 Å². The molecule has 0 aliphatic carbocycles. The zero-order valence-corrected chi connectivity index (χ0v) is 21.5. The predicted molar refractivity (Wildman–Crippen MR) is 145 cm³/mol. The number of carbonyl (C=O) groups excluding carboxylic acids is 1. The molecule has 0 atom stereocenters. The molecule has 2 aromatic heterocycles. The van der Waals surface area contributed by atoms with E-state index in [9.17, 15) is 4.79 Å². The number of unbranched alkanes of at least 4 members (excludes halogenated alkanes) is 2. The van der Waals surface area contributed by atoms with Gasteiger partial charge in [0.25, 0.3) is 5.91 Å². The van der Waals surface area contributed by atoms with Gasteiger partial charge in [-0.25, -0.2) is 4.98 Å². The van der Waals surface area contributed by atoms with Gasteiger partial charge in [-0.15, -0.1) is 11.3 Å². The third-order valence-corrected chi connectivity index (χ3v) is 7.05. The van der Waals surface area contributed by atoms with Gasteiger partial charge < -0.3 is 14.6 Å². The van der Waals surface area contributed by atoms with Gasteiger partial charge in [0.1, 0.15) is 11.6 Å². The highest BCUT2D eigenvalue weighted by Gasteiger charge is 2.11. The molecule has 4 rings (SSSR count). The van der Waals surface area contributed by atoms with Crippen LogP contribution in [0.4, 0.5) is 0 Å². The number of rotatable bonds is 13. The maximum Gasteiger partial charge on any atom is 0.261 e. The van der Waals surface area contributed by atoms with E-state index in [0.717, 1.165) is 60.6 Å². The molecule has 0 aliphatic heterocycles. The van der Waals surface area contributed by atoms with Crippen molar-refractivity contribution in [2.75, 3.05) is 13.2 Å². The lowest BCUT2D eigenvalue weighted by Crippen LogP contribution is -2.23. The molecular weight excluding hydrogens is 454 g/mol. The van der Waals surface area contributed by atoms with Crippen LogP contribution in [0.3, 0.4) is 0 Å². The van der Waals surface area contributed by atoms with Gasteiger partial charge in [0.2, 0.25) is 0 Å². The van der Waals surface area contributed by atoms with Crippen molar-refractivity contribution in [3.8, 4) is 5.75 Å². The first-order chi connectivity index (χ1) is 17.1. The number of carbonyl (C=O) groups is 1. The molecule has 1 N–H and O–H groups in total. The molecule has 0 spiro atoms. The molecule has 5 nitrogen and oxygen atoms in total. The lowest BCUT2D eigenvalue weighted by atomic mass is 10.0. The zero-order valence-electron chi connectivity index (χ0n) is 20.7. The number of hydrogen-bond donors (Lipinski definition) is 1. The molecule has 6 heteroatoms. The summed E-state index contributed by atoms with van der Waals surface area (Å²) in [4.78, 5) is 17.7. The lowest BCUT2D eigenvalue weighted by Gasteiger charge is -2.11. The van der Waals surface area contributed by atoms with Gasteiger partial charge >= 0.3 is 0 Å². The summed E-state index contributed by atoms with van der Waals surface area (Å²) < 4.78 is 8.34. The van der Waals surface area contributed by atoms with Crippen LogP contribution < -0.4 is 10.1 Å². The quantitative estimate of drug-likeness (QED) is 0.209. The molecule has 0 saturated carbocycles. The number of ether oxygens (including phenoxy) is 1. The van der Waals surface area contributed by atoms with E-state index in [4.69, 9.17) is 9.72 Å².